The molecule has 1 fully saturated rings. The highest BCUT2D eigenvalue weighted by Crippen LogP contribution is 2.37. The van der Waals surface area contributed by atoms with Crippen LogP contribution < -0.4 is 10.2 Å². The number of aryl methyl sites for hydroxylation is 2. The van der Waals surface area contributed by atoms with Crippen LogP contribution in [0.25, 0.3) is 0 Å². The van der Waals surface area contributed by atoms with Crippen LogP contribution >= 0.6 is 0 Å². The minimum absolute atomic E-state index is 0.206. The topological polar surface area (TPSA) is 92.8 Å². The summed E-state index contributed by atoms with van der Waals surface area (Å²) >= 11 is 0. The third-order valence-corrected chi connectivity index (χ3v) is 5.95. The number of allylic oxidation sites excluding steroid dienone is 2. The van der Waals surface area contributed by atoms with Crippen molar-refractivity contribution in [1.29, 1.82) is 0 Å². The second-order valence-electron chi connectivity index (χ2n) is 8.11. The van der Waals surface area contributed by atoms with E-state index < -0.39 is 18.5 Å². The Morgan fingerprint density at radius 3 is 2.06 bits per heavy atom. The van der Waals surface area contributed by atoms with Crippen molar-refractivity contribution in [2.24, 2.45) is 11.8 Å². The average Bonchev–Trinajstić information content (AvgIpc) is 3.05. The van der Waals surface area contributed by atoms with Crippen molar-refractivity contribution < 1.29 is 23.9 Å². The van der Waals surface area contributed by atoms with Crippen molar-refractivity contribution in [2.45, 2.75) is 26.7 Å². The van der Waals surface area contributed by atoms with Gasteiger partial charge in [0.15, 0.2) is 6.61 Å². The minimum Gasteiger partial charge on any atom is -0.452 e. The average molecular weight is 432 g/mol. The lowest BCUT2D eigenvalue weighted by Crippen LogP contribution is -2.30. The second-order valence-corrected chi connectivity index (χ2v) is 8.11. The molecule has 1 saturated heterocycles. The molecule has 32 heavy (non-hydrogen) atoms. The van der Waals surface area contributed by atoms with Gasteiger partial charge in [-0.25, -0.2) is 4.79 Å². The molecule has 1 N–H and O–H groups in total. The van der Waals surface area contributed by atoms with Gasteiger partial charge in [-0.3, -0.25) is 19.3 Å². The molecule has 1 aliphatic heterocycles. The van der Waals surface area contributed by atoms with Gasteiger partial charge >= 0.3 is 5.97 Å². The number of carbonyl (C=O) groups excluding carboxylic acids is 4. The van der Waals surface area contributed by atoms with E-state index in [1.54, 1.807) is 12.1 Å². The molecule has 2 aliphatic rings. The molecular formula is C25H24N2O5. The third kappa shape index (κ3) is 4.06. The number of benzene rings is 2. The van der Waals surface area contributed by atoms with E-state index in [4.69, 9.17) is 4.74 Å². The Bertz CT molecular complexity index is 1070. The van der Waals surface area contributed by atoms with Crippen molar-refractivity contribution >= 4 is 35.1 Å². The fourth-order valence-corrected chi connectivity index (χ4v) is 4.20. The molecule has 1 aliphatic carbocycles. The van der Waals surface area contributed by atoms with Crippen LogP contribution in [0.2, 0.25) is 0 Å². The Labute approximate surface area is 186 Å². The SMILES string of the molecule is Cc1cccc(C)c1NC(=O)COC(=O)c1ccc(N2C(=O)[C@@H]3CC=CC[C@H]3C2=O)cc1. The van der Waals surface area contributed by atoms with Gasteiger partial charge in [-0.15, -0.1) is 0 Å². The molecule has 2 atom stereocenters. The summed E-state index contributed by atoms with van der Waals surface area (Å²) in [6.07, 6.45) is 5.01. The molecule has 0 bridgehead atoms. The molecule has 2 aromatic carbocycles. The number of esters is 1. The largest absolute Gasteiger partial charge is 0.452 e. The molecule has 0 spiro atoms. The number of nitrogens with one attached hydrogen (secondary N) is 1. The molecule has 0 saturated carbocycles. The van der Waals surface area contributed by atoms with Crippen LogP contribution in [0.15, 0.2) is 54.6 Å². The number of fused-ring (bicyclic) bond motifs is 1. The van der Waals surface area contributed by atoms with Crippen molar-refractivity contribution in [3.8, 4) is 0 Å². The lowest BCUT2D eigenvalue weighted by Gasteiger charge is -2.15. The summed E-state index contributed by atoms with van der Waals surface area (Å²) in [4.78, 5) is 51.1. The smallest absolute Gasteiger partial charge is 0.338 e. The molecule has 7 heteroatoms. The van der Waals surface area contributed by atoms with E-state index in [2.05, 4.69) is 5.32 Å². The van der Waals surface area contributed by atoms with E-state index in [1.165, 1.54) is 17.0 Å². The fourth-order valence-electron chi connectivity index (χ4n) is 4.20. The Morgan fingerprint density at radius 2 is 1.50 bits per heavy atom. The molecule has 0 radical (unpaired) electrons. The molecule has 4 rings (SSSR count). The number of rotatable bonds is 5. The molecule has 3 amide bonds. The second kappa shape index (κ2) is 8.78. The summed E-state index contributed by atoms with van der Waals surface area (Å²) in [5.41, 5.74) is 3.20. The highest BCUT2D eigenvalue weighted by molar-refractivity contribution is 6.22. The molecular weight excluding hydrogens is 408 g/mol. The maximum absolute atomic E-state index is 12.7. The van der Waals surface area contributed by atoms with Gasteiger partial charge in [0.1, 0.15) is 0 Å². The lowest BCUT2D eigenvalue weighted by molar-refractivity contribution is -0.122. The maximum atomic E-state index is 12.7. The number of hydrogen-bond acceptors (Lipinski definition) is 5. The highest BCUT2D eigenvalue weighted by Gasteiger charge is 2.47. The van der Waals surface area contributed by atoms with E-state index in [9.17, 15) is 19.2 Å². The van der Waals surface area contributed by atoms with Gasteiger partial charge in [-0.2, -0.15) is 0 Å². The Morgan fingerprint density at radius 1 is 0.938 bits per heavy atom. The number of anilines is 2. The Kier molecular flexibility index (Phi) is 5.90. The summed E-state index contributed by atoms with van der Waals surface area (Å²) in [5.74, 6) is -2.13. The predicted octanol–water partition coefficient (Wildman–Crippen LogP) is 3.55. The van der Waals surface area contributed by atoms with Gasteiger partial charge in [-0.05, 0) is 62.1 Å². The molecule has 0 aromatic heterocycles. The van der Waals surface area contributed by atoms with Crippen molar-refractivity contribution in [2.75, 3.05) is 16.8 Å². The summed E-state index contributed by atoms with van der Waals surface area (Å²) in [5, 5.41) is 2.76. The number of carbonyl (C=O) groups is 4. The van der Waals surface area contributed by atoms with Gasteiger partial charge in [-0.1, -0.05) is 30.4 Å². The van der Waals surface area contributed by atoms with Crippen molar-refractivity contribution in [3.63, 3.8) is 0 Å². The van der Waals surface area contributed by atoms with Crippen LogP contribution in [0.5, 0.6) is 0 Å². The summed E-state index contributed by atoms with van der Waals surface area (Å²) < 4.78 is 5.12. The number of nitrogens with zero attached hydrogens (tertiary/aromatic N) is 1. The third-order valence-electron chi connectivity index (χ3n) is 5.95. The normalized spacial score (nSPS) is 19.6. The number of imide groups is 1. The van der Waals surface area contributed by atoms with E-state index in [0.717, 1.165) is 11.1 Å². The molecule has 7 nitrogen and oxygen atoms in total. The summed E-state index contributed by atoms with van der Waals surface area (Å²) in [6.45, 7) is 3.35. The fraction of sp³-hybridized carbons (Fsp3) is 0.280. The van der Waals surface area contributed by atoms with E-state index in [-0.39, 0.29) is 29.2 Å². The highest BCUT2D eigenvalue weighted by atomic mass is 16.5. The van der Waals surface area contributed by atoms with Gasteiger partial charge in [0.2, 0.25) is 11.8 Å². The molecule has 1 heterocycles. The monoisotopic (exact) mass is 432 g/mol. The number of ether oxygens (including phenoxy) is 1. The summed E-state index contributed by atoms with van der Waals surface area (Å²) in [6, 6.07) is 11.7. The lowest BCUT2D eigenvalue weighted by atomic mass is 9.85. The van der Waals surface area contributed by atoms with E-state index in [1.807, 2.05) is 44.2 Å². The van der Waals surface area contributed by atoms with Gasteiger partial charge in [0.25, 0.3) is 5.91 Å². The zero-order valence-corrected chi connectivity index (χ0v) is 18.0. The van der Waals surface area contributed by atoms with Crippen LogP contribution in [0.4, 0.5) is 11.4 Å². The van der Waals surface area contributed by atoms with Crippen LogP contribution in [-0.2, 0) is 19.1 Å². The molecule has 164 valence electrons. The maximum Gasteiger partial charge on any atom is 0.338 e. The van der Waals surface area contributed by atoms with Gasteiger partial charge < -0.3 is 10.1 Å². The van der Waals surface area contributed by atoms with Gasteiger partial charge in [0, 0.05) is 5.69 Å². The zero-order chi connectivity index (χ0) is 22.8. The minimum atomic E-state index is -0.662. The van der Waals surface area contributed by atoms with Crippen LogP contribution in [0.1, 0.15) is 34.3 Å². The first-order valence-electron chi connectivity index (χ1n) is 10.5. The standard InChI is InChI=1S/C25H24N2O5/c1-15-6-5-7-16(2)22(15)26-21(28)14-32-25(31)17-10-12-18(13-11-17)27-23(29)19-8-3-4-9-20(19)24(27)30/h3-7,10-13,19-20H,8-9,14H2,1-2H3,(H,26,28)/t19-,20-/m1/s1. The first-order valence-corrected chi connectivity index (χ1v) is 10.5. The predicted molar refractivity (Wildman–Crippen MR) is 119 cm³/mol. The first-order chi connectivity index (χ1) is 15.4. The molecule has 0 unspecified atom stereocenters. The van der Waals surface area contributed by atoms with E-state index in [0.29, 0.717) is 24.2 Å². The van der Waals surface area contributed by atoms with Crippen molar-refractivity contribution in [3.05, 3.63) is 71.3 Å². The van der Waals surface area contributed by atoms with Crippen LogP contribution in [0, 0.1) is 25.7 Å². The Balaban J connectivity index is 1.37. The van der Waals surface area contributed by atoms with Gasteiger partial charge in [0.05, 0.1) is 23.1 Å². The summed E-state index contributed by atoms with van der Waals surface area (Å²) in [7, 11) is 0. The Hall–Kier alpha value is -3.74. The van der Waals surface area contributed by atoms with Crippen LogP contribution in [-0.4, -0.2) is 30.3 Å². The zero-order valence-electron chi connectivity index (χ0n) is 18.0. The number of hydrogen-bond donors (Lipinski definition) is 1. The first kappa shape index (κ1) is 21.5. The molecule has 2 aromatic rings. The van der Waals surface area contributed by atoms with E-state index >= 15 is 0 Å². The van der Waals surface area contributed by atoms with Crippen LogP contribution in [0.3, 0.4) is 0 Å². The number of amides is 3. The number of para-hydroxylation sites is 1. The van der Waals surface area contributed by atoms with Crippen molar-refractivity contribution in [1.82, 2.24) is 0 Å². The quantitative estimate of drug-likeness (QED) is 0.443.